The Morgan fingerprint density at radius 1 is 1.59 bits per heavy atom. The van der Waals surface area contributed by atoms with Crippen LogP contribution in [0.15, 0.2) is 47.1 Å². The molecule has 1 rings (SSSR count). The van der Waals surface area contributed by atoms with Gasteiger partial charge in [-0.25, -0.2) is 0 Å². The van der Waals surface area contributed by atoms with E-state index in [1.165, 1.54) is 28.7 Å². The van der Waals surface area contributed by atoms with Gasteiger partial charge in [0.05, 0.1) is 0 Å². The smallest absolute Gasteiger partial charge is 0.0142 e. The highest BCUT2D eigenvalue weighted by atomic mass is 14.5. The van der Waals surface area contributed by atoms with Gasteiger partial charge in [0.15, 0.2) is 0 Å². The summed E-state index contributed by atoms with van der Waals surface area (Å²) in [7, 11) is 0. The molecule has 0 saturated heterocycles. The van der Waals surface area contributed by atoms with Crippen LogP contribution in [0.3, 0.4) is 0 Å². The van der Waals surface area contributed by atoms with Gasteiger partial charge < -0.3 is 5.73 Å². The average molecular weight is 231 g/mol. The van der Waals surface area contributed by atoms with Crippen LogP contribution in [0.2, 0.25) is 0 Å². The molecule has 94 valence electrons. The first-order valence-corrected chi connectivity index (χ1v) is 6.57. The lowest BCUT2D eigenvalue weighted by Crippen LogP contribution is -2.14. The first kappa shape index (κ1) is 14.0. The van der Waals surface area contributed by atoms with E-state index in [0.29, 0.717) is 12.5 Å². The number of hydrogen-bond donors (Lipinski definition) is 1. The maximum atomic E-state index is 5.81. The van der Waals surface area contributed by atoms with Gasteiger partial charge in [0.1, 0.15) is 0 Å². The molecule has 0 aromatic heterocycles. The highest BCUT2D eigenvalue weighted by Crippen LogP contribution is 2.30. The second kappa shape index (κ2) is 6.61. The summed E-state index contributed by atoms with van der Waals surface area (Å²) in [6.45, 7) is 11.2. The summed E-state index contributed by atoms with van der Waals surface area (Å²) in [5.74, 6) is 0.593. The molecule has 2 N–H and O–H groups in total. The molecule has 0 heterocycles. The third kappa shape index (κ3) is 3.44. The monoisotopic (exact) mass is 231 g/mol. The zero-order chi connectivity index (χ0) is 12.8. The standard InChI is InChI=1S/C16H25N/c1-5-7-16(12(3)6-2)14-9-8-13(4)15(10-14)11-17/h6,9-10,13H,2,5,7-8,11,17H2,1,3-4H3/b16-12+/t13-/m1/s1. The normalized spacial score (nSPS) is 21.5. The van der Waals surface area contributed by atoms with Crippen molar-refractivity contribution in [1.82, 2.24) is 0 Å². The minimum Gasteiger partial charge on any atom is -0.327 e. The molecule has 0 unspecified atom stereocenters. The van der Waals surface area contributed by atoms with Crippen LogP contribution in [0, 0.1) is 5.92 Å². The summed E-state index contributed by atoms with van der Waals surface area (Å²) < 4.78 is 0. The number of rotatable bonds is 5. The van der Waals surface area contributed by atoms with Crippen molar-refractivity contribution in [2.24, 2.45) is 11.7 Å². The van der Waals surface area contributed by atoms with E-state index >= 15 is 0 Å². The lowest BCUT2D eigenvalue weighted by atomic mass is 9.85. The predicted molar refractivity (Wildman–Crippen MR) is 76.8 cm³/mol. The Balaban J connectivity index is 3.06. The zero-order valence-corrected chi connectivity index (χ0v) is 11.4. The van der Waals surface area contributed by atoms with E-state index in [1.807, 2.05) is 6.08 Å². The van der Waals surface area contributed by atoms with Crippen LogP contribution in [0.4, 0.5) is 0 Å². The van der Waals surface area contributed by atoms with Gasteiger partial charge in [-0.3, -0.25) is 0 Å². The van der Waals surface area contributed by atoms with Gasteiger partial charge in [0.25, 0.3) is 0 Å². The van der Waals surface area contributed by atoms with E-state index in [-0.39, 0.29) is 0 Å². The van der Waals surface area contributed by atoms with Crippen molar-refractivity contribution in [2.75, 3.05) is 6.54 Å². The molecule has 0 aromatic carbocycles. The van der Waals surface area contributed by atoms with Crippen LogP contribution in [0.1, 0.15) is 40.0 Å². The van der Waals surface area contributed by atoms with Gasteiger partial charge in [0, 0.05) is 6.54 Å². The van der Waals surface area contributed by atoms with Crippen molar-refractivity contribution in [3.8, 4) is 0 Å². The second-order valence-electron chi connectivity index (χ2n) is 4.84. The van der Waals surface area contributed by atoms with Crippen molar-refractivity contribution in [1.29, 1.82) is 0 Å². The number of nitrogens with two attached hydrogens (primary N) is 1. The predicted octanol–water partition coefficient (Wildman–Crippen LogP) is 4.14. The average Bonchev–Trinajstić information content (AvgIpc) is 2.36. The Morgan fingerprint density at radius 2 is 2.29 bits per heavy atom. The molecule has 1 heteroatoms. The lowest BCUT2D eigenvalue weighted by Gasteiger charge is -2.21. The molecular formula is C16H25N. The second-order valence-corrected chi connectivity index (χ2v) is 4.84. The van der Waals surface area contributed by atoms with Gasteiger partial charge in [-0.15, -0.1) is 0 Å². The molecule has 0 fully saturated rings. The van der Waals surface area contributed by atoms with Gasteiger partial charge in [-0.05, 0) is 42.4 Å². The largest absolute Gasteiger partial charge is 0.327 e. The van der Waals surface area contributed by atoms with Crippen LogP contribution >= 0.6 is 0 Å². The Bertz CT molecular complexity index is 369. The first-order valence-electron chi connectivity index (χ1n) is 6.57. The quantitative estimate of drug-likeness (QED) is 0.707. The summed E-state index contributed by atoms with van der Waals surface area (Å²) >= 11 is 0. The summed E-state index contributed by atoms with van der Waals surface area (Å²) in [4.78, 5) is 0. The topological polar surface area (TPSA) is 26.0 Å². The third-order valence-electron chi connectivity index (χ3n) is 3.53. The fourth-order valence-corrected chi connectivity index (χ4v) is 2.27. The molecule has 1 aliphatic rings. The Kier molecular flexibility index (Phi) is 5.43. The van der Waals surface area contributed by atoms with Crippen molar-refractivity contribution in [3.63, 3.8) is 0 Å². The number of allylic oxidation sites excluding steroid dienone is 6. The van der Waals surface area contributed by atoms with Crippen LogP contribution < -0.4 is 5.73 Å². The van der Waals surface area contributed by atoms with E-state index in [4.69, 9.17) is 5.73 Å². The van der Waals surface area contributed by atoms with Gasteiger partial charge in [-0.2, -0.15) is 0 Å². The molecule has 0 aliphatic heterocycles. The van der Waals surface area contributed by atoms with E-state index in [9.17, 15) is 0 Å². The molecule has 1 nitrogen and oxygen atoms in total. The SMILES string of the molecule is C=C/C(C)=C(\CCC)C1=CC[C@@H](C)C(CN)=C1. The maximum absolute atomic E-state index is 5.81. The Morgan fingerprint density at radius 3 is 2.82 bits per heavy atom. The van der Waals surface area contributed by atoms with Crippen LogP contribution in [-0.4, -0.2) is 6.54 Å². The minimum atomic E-state index is 0.593. The van der Waals surface area contributed by atoms with Crippen LogP contribution in [0.5, 0.6) is 0 Å². The van der Waals surface area contributed by atoms with Gasteiger partial charge in [0.2, 0.25) is 0 Å². The van der Waals surface area contributed by atoms with E-state index in [0.717, 1.165) is 12.8 Å². The molecule has 1 aliphatic carbocycles. The van der Waals surface area contributed by atoms with Crippen molar-refractivity contribution in [3.05, 3.63) is 47.1 Å². The van der Waals surface area contributed by atoms with E-state index < -0.39 is 0 Å². The first-order chi connectivity index (χ1) is 8.13. The molecule has 0 spiro atoms. The zero-order valence-electron chi connectivity index (χ0n) is 11.4. The van der Waals surface area contributed by atoms with Crippen molar-refractivity contribution >= 4 is 0 Å². The highest BCUT2D eigenvalue weighted by molar-refractivity contribution is 5.48. The molecular weight excluding hydrogens is 206 g/mol. The lowest BCUT2D eigenvalue weighted by molar-refractivity contribution is 0.665. The fraction of sp³-hybridized carbons (Fsp3) is 0.500. The van der Waals surface area contributed by atoms with Crippen molar-refractivity contribution in [2.45, 2.75) is 40.0 Å². The third-order valence-corrected chi connectivity index (χ3v) is 3.53. The molecule has 1 atom stereocenters. The Hall–Kier alpha value is -1.08. The molecule has 0 radical (unpaired) electrons. The van der Waals surface area contributed by atoms with Crippen LogP contribution in [0.25, 0.3) is 0 Å². The summed E-state index contributed by atoms with van der Waals surface area (Å²) in [6, 6.07) is 0. The van der Waals surface area contributed by atoms with E-state index in [2.05, 4.69) is 39.5 Å². The van der Waals surface area contributed by atoms with Crippen LogP contribution in [-0.2, 0) is 0 Å². The minimum absolute atomic E-state index is 0.593. The molecule has 0 amide bonds. The summed E-state index contributed by atoms with van der Waals surface area (Å²) in [5.41, 5.74) is 11.3. The summed E-state index contributed by atoms with van der Waals surface area (Å²) in [5, 5.41) is 0. The Labute approximate surface area is 106 Å². The molecule has 0 saturated carbocycles. The van der Waals surface area contributed by atoms with Crippen molar-refractivity contribution < 1.29 is 0 Å². The molecule has 0 aromatic rings. The van der Waals surface area contributed by atoms with Gasteiger partial charge in [-0.1, -0.05) is 50.6 Å². The fourth-order valence-electron chi connectivity index (χ4n) is 2.27. The maximum Gasteiger partial charge on any atom is 0.0142 e. The van der Waals surface area contributed by atoms with E-state index in [1.54, 1.807) is 0 Å². The summed E-state index contributed by atoms with van der Waals surface area (Å²) in [6.07, 6.45) is 9.98. The number of hydrogen-bond acceptors (Lipinski definition) is 1. The molecule has 0 bridgehead atoms. The van der Waals surface area contributed by atoms with Gasteiger partial charge >= 0.3 is 0 Å². The highest BCUT2D eigenvalue weighted by Gasteiger charge is 2.14. The molecule has 17 heavy (non-hydrogen) atoms.